The molecule has 12 nitrogen and oxygen atoms in total. The Morgan fingerprint density at radius 1 is 0.291 bits per heavy atom. The van der Waals surface area contributed by atoms with Crippen LogP contribution in [-0.4, -0.2) is 19.9 Å². The van der Waals surface area contributed by atoms with Crippen LogP contribution >= 0.6 is 0 Å². The number of rotatable bonds is 10. The molecular weight excluding hydrogens is 1640 g/mol. The molecule has 12 aromatic heterocycles. The molecule has 8 aromatic carbocycles. The zero-order chi connectivity index (χ0) is 93.7. The predicted molar refractivity (Wildman–Crippen MR) is 547 cm³/mol. The molecule has 12 heteroatoms. The van der Waals surface area contributed by atoms with E-state index in [-0.39, 0.29) is 21.7 Å². The van der Waals surface area contributed by atoms with E-state index in [2.05, 4.69) is 416 Å². The van der Waals surface area contributed by atoms with Crippen LogP contribution in [0.1, 0.15) is 237 Å². The zero-order valence-electron chi connectivity index (χ0n) is 82.0. The fraction of sp³-hybridized carbons (Fsp3) is 0.279. The molecule has 4 aliphatic rings. The van der Waals surface area contributed by atoms with Crippen LogP contribution in [0, 0.1) is 27.7 Å². The van der Waals surface area contributed by atoms with Crippen molar-refractivity contribution in [1.82, 2.24) is 19.9 Å². The quantitative estimate of drug-likeness (QED) is 0.124. The van der Waals surface area contributed by atoms with Gasteiger partial charge in [-0.2, -0.15) is 0 Å². The van der Waals surface area contributed by atoms with Crippen LogP contribution in [0.3, 0.4) is 0 Å². The monoisotopic (exact) mass is 1760 g/mol. The van der Waals surface area contributed by atoms with E-state index in [4.69, 9.17) is 37.6 Å². The third kappa shape index (κ3) is 13.4. The maximum atomic E-state index is 6.66. The molecule has 20 aromatic rings. The number of aromatic nitrogens is 8. The van der Waals surface area contributed by atoms with Crippen molar-refractivity contribution in [1.29, 1.82) is 0 Å². The summed E-state index contributed by atoms with van der Waals surface area (Å²) in [5, 5.41) is 8.99. The van der Waals surface area contributed by atoms with Crippen molar-refractivity contribution < 1.29 is 35.9 Å². The Bertz CT molecular complexity index is 7980. The van der Waals surface area contributed by atoms with Gasteiger partial charge in [0.15, 0.2) is 41.5 Å². The largest absolute Gasteiger partial charge is 0.455 e. The molecule has 0 saturated heterocycles. The summed E-state index contributed by atoms with van der Waals surface area (Å²) < 4.78 is 35.2. The number of benzene rings is 8. The van der Waals surface area contributed by atoms with Crippen molar-refractivity contribution in [3.63, 3.8) is 0 Å². The number of hydrogen-bond acceptors (Lipinski definition) is 8. The Morgan fingerprint density at radius 3 is 1.08 bits per heavy atom. The maximum Gasteiger partial charge on any atom is 0.227 e. The van der Waals surface area contributed by atoms with Gasteiger partial charge in [0.25, 0.3) is 0 Å². The molecule has 0 fully saturated rings. The first kappa shape index (κ1) is 86.9. The average molecular weight is 1760 g/mol. The number of pyridine rings is 8. The lowest BCUT2D eigenvalue weighted by molar-refractivity contribution is -0.660. The SMILES string of the molecule is CCC1(CC)c2ccccc2-c2cc3c(nc21)oc1c(-c2cc(C(C)C)cc[n+]2C)c(C)ccc13.Cc1ccc2c(oc3cc4c(cc32)-c2cccnc2C4(C)C)c1-c1cc(C(C)C)cc[n+]1C.Cc1ccc2c(oc3nc4c(cc32)-c2ccccc2C4(C)C)c1-c1cc(C(C)C)cc[n+]1C.Cc1ccc2c(oc3nc4c(cc32)C(C)(C)c2ccccc2-4)c1-c1cc(C(C)C)cc[n+]1C. The van der Waals surface area contributed by atoms with Crippen LogP contribution in [0.5, 0.6) is 0 Å². The molecule has 0 aliphatic heterocycles. The van der Waals surface area contributed by atoms with Crippen molar-refractivity contribution in [2.45, 2.75) is 197 Å². The van der Waals surface area contributed by atoms with Crippen molar-refractivity contribution in [3.8, 4) is 89.7 Å². The molecule has 0 unspecified atom stereocenters. The lowest BCUT2D eigenvalue weighted by Crippen LogP contribution is -2.31. The Balaban J connectivity index is 0.000000107. The van der Waals surface area contributed by atoms with Crippen LogP contribution < -0.4 is 18.3 Å². The molecule has 0 atom stereocenters. The van der Waals surface area contributed by atoms with E-state index in [0.29, 0.717) is 29.4 Å². The molecule has 12 heterocycles. The zero-order valence-corrected chi connectivity index (χ0v) is 82.0. The molecule has 0 bridgehead atoms. The minimum absolute atomic E-state index is 0.0596. The van der Waals surface area contributed by atoms with Gasteiger partial charge in [-0.1, -0.05) is 238 Å². The van der Waals surface area contributed by atoms with Crippen molar-refractivity contribution in [2.75, 3.05) is 0 Å². The summed E-state index contributed by atoms with van der Waals surface area (Å²) in [6.07, 6.45) is 12.6. The number of hydrogen-bond donors (Lipinski definition) is 0. The summed E-state index contributed by atoms with van der Waals surface area (Å²) in [7, 11) is 8.43. The van der Waals surface area contributed by atoms with Gasteiger partial charge in [-0.25, -0.2) is 33.2 Å². The van der Waals surface area contributed by atoms with E-state index < -0.39 is 0 Å². The number of fused-ring (bicyclic) bond motifs is 24. The summed E-state index contributed by atoms with van der Waals surface area (Å²) in [4.78, 5) is 20.2. The van der Waals surface area contributed by atoms with Gasteiger partial charge < -0.3 is 17.7 Å². The van der Waals surface area contributed by atoms with Gasteiger partial charge in [0, 0.05) is 142 Å². The molecule has 4 aliphatic carbocycles. The molecular formula is C122H120N8O4+4. The van der Waals surface area contributed by atoms with E-state index in [9.17, 15) is 0 Å². The summed E-state index contributed by atoms with van der Waals surface area (Å²) in [6.45, 7) is 44.7. The van der Waals surface area contributed by atoms with Gasteiger partial charge in [0.1, 0.15) is 39.4 Å². The molecule has 0 amide bonds. The second-order valence-electron chi connectivity index (χ2n) is 41.2. The van der Waals surface area contributed by atoms with E-state index >= 15 is 0 Å². The molecule has 0 radical (unpaired) electrons. The van der Waals surface area contributed by atoms with Crippen LogP contribution in [-0.2, 0) is 49.9 Å². The minimum atomic E-state index is -0.143. The molecule has 0 saturated carbocycles. The number of nitrogens with zero attached hydrogens (tertiary/aromatic N) is 8. The topological polar surface area (TPSA) is 120 Å². The van der Waals surface area contributed by atoms with Gasteiger partial charge in [-0.15, -0.1) is 0 Å². The van der Waals surface area contributed by atoms with Gasteiger partial charge >= 0.3 is 0 Å². The van der Waals surface area contributed by atoms with E-state index in [1.807, 2.05) is 12.3 Å². The van der Waals surface area contributed by atoms with Crippen LogP contribution in [0.25, 0.3) is 178 Å². The van der Waals surface area contributed by atoms with Crippen LogP contribution in [0.4, 0.5) is 0 Å². The van der Waals surface area contributed by atoms with Crippen LogP contribution in [0.2, 0.25) is 0 Å². The fourth-order valence-corrected chi connectivity index (χ4v) is 22.5. The Hall–Kier alpha value is -13.8. The van der Waals surface area contributed by atoms with Crippen molar-refractivity contribution >= 4 is 88.1 Å². The predicted octanol–water partition coefficient (Wildman–Crippen LogP) is 29.6. The Morgan fingerprint density at radius 2 is 0.642 bits per heavy atom. The van der Waals surface area contributed by atoms with Crippen molar-refractivity contribution in [2.24, 2.45) is 28.2 Å². The second-order valence-corrected chi connectivity index (χ2v) is 41.2. The lowest BCUT2D eigenvalue weighted by Gasteiger charge is -2.28. The van der Waals surface area contributed by atoms with Crippen molar-refractivity contribution in [3.05, 3.63) is 333 Å². The average Bonchev–Trinajstić information content (AvgIpc) is 1.55. The third-order valence-corrected chi connectivity index (χ3v) is 30.7. The standard InChI is InChI=1S/C32H33N2O.3C30H29N2O/c1-7-32(8-2)26-12-10-9-11-22(26)24-18-25-23-14-13-20(5)28(29(23)35-31(25)33-30(24)32)27-17-21(19(3)4)15-16-34(27)6;1-17(2)19-11-13-32(6)25(14-19)27-18(3)9-10-20-23-15-22-21-8-7-12-31-29(21)30(4,5)24(22)16-26(23)33-28(20)27;1-17(2)19-13-14-32(6)25(15-19)26-18(3)11-12-20-22-16-24-27(31-29(22)33-28(20)26)21-9-7-8-10-23(21)30(24,4)5;1-17(2)19-13-14-32(6)25(15-19)26-18(3)11-12-21-23-16-22-20-9-7-8-10-24(20)30(4,5)28(22)31-29(23)33-27(21)26/h9-19H,7-8H2,1-6H3;3*7-17H,1-6H3/q4*+1. The van der Waals surface area contributed by atoms with Gasteiger partial charge in [-0.3, -0.25) is 4.98 Å². The second kappa shape index (κ2) is 32.0. The highest BCUT2D eigenvalue weighted by molar-refractivity contribution is 6.15. The third-order valence-electron chi connectivity index (χ3n) is 30.7. The van der Waals surface area contributed by atoms with Gasteiger partial charge in [-0.05, 0) is 190 Å². The van der Waals surface area contributed by atoms with E-state index in [1.165, 1.54) is 156 Å². The summed E-state index contributed by atoms with van der Waals surface area (Å²) in [6, 6.07) is 77.5. The first-order valence-electron chi connectivity index (χ1n) is 48.1. The number of furan rings is 4. The summed E-state index contributed by atoms with van der Waals surface area (Å²) in [5.41, 5.74) is 45.8. The lowest BCUT2D eigenvalue weighted by atomic mass is 9.76. The molecule has 0 N–H and O–H groups in total. The first-order chi connectivity index (χ1) is 64.2. The highest BCUT2D eigenvalue weighted by Crippen LogP contribution is 2.57. The highest BCUT2D eigenvalue weighted by atomic mass is 16.4. The molecule has 0 spiro atoms. The molecule has 668 valence electrons. The van der Waals surface area contributed by atoms with Crippen LogP contribution in [0.15, 0.2) is 261 Å². The Kier molecular flexibility index (Phi) is 20.7. The Labute approximate surface area is 786 Å². The van der Waals surface area contributed by atoms with Gasteiger partial charge in [0.05, 0.1) is 45.0 Å². The summed E-state index contributed by atoms with van der Waals surface area (Å²) in [5.74, 6) is 1.87. The molecule has 24 rings (SSSR count). The van der Waals surface area contributed by atoms with Gasteiger partial charge in [0.2, 0.25) is 39.9 Å². The minimum Gasteiger partial charge on any atom is -0.455 e. The number of aryl methyl sites for hydroxylation is 8. The molecule has 134 heavy (non-hydrogen) atoms. The smallest absolute Gasteiger partial charge is 0.227 e. The van der Waals surface area contributed by atoms with E-state index in [1.54, 1.807) is 0 Å². The fourth-order valence-electron chi connectivity index (χ4n) is 22.5. The highest BCUT2D eigenvalue weighted by Gasteiger charge is 2.45. The summed E-state index contributed by atoms with van der Waals surface area (Å²) >= 11 is 0. The maximum absolute atomic E-state index is 6.66. The normalized spacial score (nSPS) is 14.2. The van der Waals surface area contributed by atoms with E-state index in [0.717, 1.165) is 118 Å². The first-order valence-corrected chi connectivity index (χ1v) is 48.1.